The van der Waals surface area contributed by atoms with E-state index in [0.717, 1.165) is 10.3 Å². The lowest BCUT2D eigenvalue weighted by Gasteiger charge is -2.30. The van der Waals surface area contributed by atoms with Crippen LogP contribution in [0.1, 0.15) is 31.0 Å². The number of thioether (sulfide) groups is 1. The van der Waals surface area contributed by atoms with E-state index >= 15 is 0 Å². The van der Waals surface area contributed by atoms with E-state index in [1.165, 1.54) is 16.1 Å². The minimum absolute atomic E-state index is 0.0564. The van der Waals surface area contributed by atoms with Gasteiger partial charge in [0.1, 0.15) is 5.82 Å². The Balaban J connectivity index is 1.58. The first kappa shape index (κ1) is 20.3. The molecule has 1 aromatic carbocycles. The molecule has 0 bridgehead atoms. The first-order chi connectivity index (χ1) is 12.9. The summed E-state index contributed by atoms with van der Waals surface area (Å²) in [4.78, 5) is 15.3. The lowest BCUT2D eigenvalue weighted by atomic mass is 9.98. The Hall–Kier alpha value is -1.43. The van der Waals surface area contributed by atoms with Gasteiger partial charge in [-0.3, -0.25) is 9.89 Å². The summed E-state index contributed by atoms with van der Waals surface area (Å²) in [6.45, 7) is 0.844. The van der Waals surface area contributed by atoms with Gasteiger partial charge in [0.15, 0.2) is 0 Å². The molecule has 1 saturated heterocycles. The lowest BCUT2D eigenvalue weighted by Crippen LogP contribution is -2.38. The number of benzene rings is 1. The second-order valence-electron chi connectivity index (χ2n) is 6.13. The van der Waals surface area contributed by atoms with Crippen LogP contribution in [0.15, 0.2) is 38.8 Å². The molecule has 2 N–H and O–H groups in total. The van der Waals surface area contributed by atoms with Crippen molar-refractivity contribution in [2.24, 2.45) is 0 Å². The molecule has 0 atom stereocenters. The highest BCUT2D eigenvalue weighted by Crippen LogP contribution is 2.30. The Morgan fingerprint density at radius 1 is 1.30 bits per heavy atom. The molecule has 1 aliphatic rings. The smallest absolute Gasteiger partial charge is 0.304 e. The zero-order valence-electron chi connectivity index (χ0n) is 14.3. The average molecular weight is 475 g/mol. The van der Waals surface area contributed by atoms with Crippen LogP contribution in [0, 0.1) is 0 Å². The van der Waals surface area contributed by atoms with Gasteiger partial charge in [0.05, 0.1) is 11.3 Å². The third kappa shape index (κ3) is 5.09. The molecule has 146 valence electrons. The van der Waals surface area contributed by atoms with Crippen LogP contribution in [0.4, 0.5) is 0 Å². The Bertz CT molecular complexity index is 893. The van der Waals surface area contributed by atoms with Crippen LogP contribution in [0.5, 0.6) is 0 Å². The summed E-state index contributed by atoms with van der Waals surface area (Å²) in [5, 5.41) is 16.2. The molecule has 0 radical (unpaired) electrons. The molecule has 0 saturated carbocycles. The van der Waals surface area contributed by atoms with Crippen molar-refractivity contribution in [1.82, 2.24) is 19.5 Å². The van der Waals surface area contributed by atoms with Crippen LogP contribution >= 0.6 is 27.7 Å². The van der Waals surface area contributed by atoms with Crippen molar-refractivity contribution in [2.75, 3.05) is 18.8 Å². The predicted molar refractivity (Wildman–Crippen MR) is 104 cm³/mol. The molecule has 8 nitrogen and oxygen atoms in total. The molecule has 0 spiro atoms. The topological polar surface area (TPSA) is 116 Å². The maximum Gasteiger partial charge on any atom is 0.304 e. The van der Waals surface area contributed by atoms with Crippen LogP contribution in [0.25, 0.3) is 0 Å². The van der Waals surface area contributed by atoms with Gasteiger partial charge in [0, 0.05) is 29.2 Å². The van der Waals surface area contributed by atoms with Crippen LogP contribution in [0.3, 0.4) is 0 Å². The maximum absolute atomic E-state index is 12.7. The van der Waals surface area contributed by atoms with E-state index < -0.39 is 16.0 Å². The Kier molecular flexibility index (Phi) is 6.56. The maximum atomic E-state index is 12.7. The van der Waals surface area contributed by atoms with Gasteiger partial charge >= 0.3 is 5.97 Å². The number of hydrogen-bond donors (Lipinski definition) is 2. The zero-order chi connectivity index (χ0) is 19.4. The summed E-state index contributed by atoms with van der Waals surface area (Å²) in [5.41, 5.74) is 0. The van der Waals surface area contributed by atoms with Crippen molar-refractivity contribution < 1.29 is 18.3 Å². The third-order valence-corrected chi connectivity index (χ3v) is 7.61. The summed E-state index contributed by atoms with van der Waals surface area (Å²) in [7, 11) is -3.49. The van der Waals surface area contributed by atoms with Gasteiger partial charge in [-0.25, -0.2) is 13.4 Å². The number of nitrogens with one attached hydrogen (secondary N) is 1. The normalized spacial score (nSPS) is 16.5. The number of piperidine rings is 1. The predicted octanol–water partition coefficient (Wildman–Crippen LogP) is 2.70. The minimum Gasteiger partial charge on any atom is -0.481 e. The number of carbonyl (C=O) groups is 1. The van der Waals surface area contributed by atoms with Gasteiger partial charge in [-0.2, -0.15) is 4.31 Å². The van der Waals surface area contributed by atoms with E-state index in [1.807, 2.05) is 0 Å². The van der Waals surface area contributed by atoms with E-state index in [0.29, 0.717) is 41.7 Å². The van der Waals surface area contributed by atoms with Crippen molar-refractivity contribution in [3.8, 4) is 0 Å². The molecule has 0 amide bonds. The summed E-state index contributed by atoms with van der Waals surface area (Å²) in [6, 6.07) is 6.64. The fourth-order valence-electron chi connectivity index (χ4n) is 2.86. The molecular weight excluding hydrogens is 456 g/mol. The molecule has 1 aliphatic heterocycles. The first-order valence-corrected chi connectivity index (χ1v) is 11.6. The molecule has 1 fully saturated rings. The highest BCUT2D eigenvalue weighted by molar-refractivity contribution is 9.10. The van der Waals surface area contributed by atoms with Crippen LogP contribution in [-0.4, -0.2) is 57.8 Å². The molecule has 1 aromatic heterocycles. The molecule has 11 heteroatoms. The van der Waals surface area contributed by atoms with E-state index in [-0.39, 0.29) is 12.3 Å². The van der Waals surface area contributed by atoms with Crippen LogP contribution in [-0.2, 0) is 14.8 Å². The van der Waals surface area contributed by atoms with Crippen molar-refractivity contribution in [1.29, 1.82) is 0 Å². The van der Waals surface area contributed by atoms with Gasteiger partial charge in [-0.05, 0) is 37.1 Å². The number of H-pyrrole nitrogens is 1. The number of nitrogens with zero attached hydrogens (tertiary/aromatic N) is 3. The highest BCUT2D eigenvalue weighted by atomic mass is 79.9. The molecule has 0 unspecified atom stereocenters. The van der Waals surface area contributed by atoms with E-state index in [9.17, 15) is 13.2 Å². The molecule has 2 heterocycles. The van der Waals surface area contributed by atoms with Gasteiger partial charge in [0.2, 0.25) is 15.2 Å². The van der Waals surface area contributed by atoms with Crippen molar-refractivity contribution >= 4 is 43.7 Å². The summed E-state index contributed by atoms with van der Waals surface area (Å²) >= 11 is 4.60. The van der Waals surface area contributed by atoms with Gasteiger partial charge in [0.25, 0.3) is 0 Å². The highest BCUT2D eigenvalue weighted by Gasteiger charge is 2.31. The van der Waals surface area contributed by atoms with Crippen LogP contribution in [0.2, 0.25) is 0 Å². The van der Waals surface area contributed by atoms with Gasteiger partial charge in [-0.15, -0.1) is 5.10 Å². The molecular formula is C16H19BrN4O4S2. The molecule has 3 rings (SSSR count). The minimum atomic E-state index is -3.49. The first-order valence-electron chi connectivity index (χ1n) is 8.39. The Morgan fingerprint density at radius 2 is 1.96 bits per heavy atom. The van der Waals surface area contributed by atoms with Gasteiger partial charge < -0.3 is 5.11 Å². The largest absolute Gasteiger partial charge is 0.481 e. The van der Waals surface area contributed by atoms with Crippen molar-refractivity contribution in [3.63, 3.8) is 0 Å². The number of halogens is 1. The number of carboxylic acids is 1. The number of hydrogen-bond acceptors (Lipinski definition) is 6. The Labute approximate surface area is 169 Å². The SMILES string of the molecule is O=C(O)CCSc1n[nH]c(C2CCN(S(=O)(=O)c3ccc(Br)cc3)CC2)n1. The standard InChI is InChI=1S/C16H19BrN4O4S2/c17-12-1-3-13(4-2-12)27(24,25)21-8-5-11(6-9-21)15-18-16(20-19-15)26-10-7-14(22)23/h1-4,11H,5-10H2,(H,22,23)(H,18,19,20). The number of rotatable bonds is 7. The average Bonchev–Trinajstić information content (AvgIpc) is 3.11. The van der Waals surface area contributed by atoms with Crippen molar-refractivity contribution in [3.05, 3.63) is 34.6 Å². The number of carboxylic acid groups (broad SMARTS) is 1. The second-order valence-corrected chi connectivity index (χ2v) is 10.0. The lowest BCUT2D eigenvalue weighted by molar-refractivity contribution is -0.136. The summed E-state index contributed by atoms with van der Waals surface area (Å²) in [5.74, 6) is 0.407. The number of aromatic amines is 1. The Morgan fingerprint density at radius 3 is 2.59 bits per heavy atom. The number of sulfonamides is 1. The summed E-state index contributed by atoms with van der Waals surface area (Å²) < 4.78 is 27.8. The van der Waals surface area contributed by atoms with E-state index in [2.05, 4.69) is 31.1 Å². The van der Waals surface area contributed by atoms with Crippen molar-refractivity contribution in [2.45, 2.75) is 35.2 Å². The number of aliphatic carboxylic acids is 1. The quantitative estimate of drug-likeness (QED) is 0.592. The molecule has 0 aliphatic carbocycles. The fourth-order valence-corrected chi connectivity index (χ4v) is 5.33. The molecule has 2 aromatic rings. The number of aromatic nitrogens is 3. The van der Waals surface area contributed by atoms with E-state index in [4.69, 9.17) is 5.11 Å². The van der Waals surface area contributed by atoms with Crippen LogP contribution < -0.4 is 0 Å². The fraction of sp³-hybridized carbons (Fsp3) is 0.438. The second kappa shape index (κ2) is 8.72. The summed E-state index contributed by atoms with van der Waals surface area (Å²) in [6.07, 6.45) is 1.37. The zero-order valence-corrected chi connectivity index (χ0v) is 17.6. The monoisotopic (exact) mass is 474 g/mol. The van der Waals surface area contributed by atoms with E-state index in [1.54, 1.807) is 24.3 Å². The van der Waals surface area contributed by atoms with Gasteiger partial charge in [-0.1, -0.05) is 27.7 Å². The third-order valence-electron chi connectivity index (χ3n) is 4.32. The molecule has 27 heavy (non-hydrogen) atoms.